The van der Waals surface area contributed by atoms with Gasteiger partial charge in [0.25, 0.3) is 5.69 Å². The van der Waals surface area contributed by atoms with Gasteiger partial charge in [-0.05, 0) is 36.4 Å². The van der Waals surface area contributed by atoms with Gasteiger partial charge in [-0.15, -0.1) is 0 Å². The van der Waals surface area contributed by atoms with Gasteiger partial charge in [0, 0.05) is 74.4 Å². The lowest BCUT2D eigenvalue weighted by atomic mass is 10.1. The third-order valence-corrected chi connectivity index (χ3v) is 5.47. The Morgan fingerprint density at radius 2 is 1.81 bits per heavy atom. The highest BCUT2D eigenvalue weighted by Crippen LogP contribution is 2.30. The molecule has 0 spiro atoms. The number of rotatable bonds is 6. The van der Waals surface area contributed by atoms with E-state index in [0.29, 0.717) is 49.9 Å². The SMILES string of the molecule is O=C(CCNc1ccc([N+](=O)[O-])c2cnccc12)N1CCN(c2ccc(F)cc2)CC1. The van der Waals surface area contributed by atoms with Crippen molar-refractivity contribution >= 4 is 33.7 Å². The summed E-state index contributed by atoms with van der Waals surface area (Å²) in [4.78, 5) is 31.3. The third kappa shape index (κ3) is 4.55. The molecule has 1 fully saturated rings. The zero-order valence-corrected chi connectivity index (χ0v) is 16.8. The second kappa shape index (κ2) is 8.95. The largest absolute Gasteiger partial charge is 0.384 e. The van der Waals surface area contributed by atoms with Crippen molar-refractivity contribution < 1.29 is 14.1 Å². The molecule has 160 valence electrons. The number of non-ortho nitro benzene ring substituents is 1. The molecule has 0 bridgehead atoms. The molecule has 1 N–H and O–H groups in total. The van der Waals surface area contributed by atoms with Crippen molar-refractivity contribution in [3.8, 4) is 0 Å². The maximum absolute atomic E-state index is 13.1. The highest BCUT2D eigenvalue weighted by molar-refractivity contribution is 5.99. The van der Waals surface area contributed by atoms with Crippen molar-refractivity contribution in [2.75, 3.05) is 42.9 Å². The minimum absolute atomic E-state index is 0.00347. The first-order valence-corrected chi connectivity index (χ1v) is 10.1. The number of halogens is 1. The molecule has 1 aliphatic rings. The van der Waals surface area contributed by atoms with Crippen LogP contribution < -0.4 is 10.2 Å². The van der Waals surface area contributed by atoms with Crippen molar-refractivity contribution in [1.82, 2.24) is 9.88 Å². The molecule has 1 amide bonds. The predicted molar refractivity (Wildman–Crippen MR) is 117 cm³/mol. The van der Waals surface area contributed by atoms with E-state index >= 15 is 0 Å². The van der Waals surface area contributed by atoms with Gasteiger partial charge in [-0.1, -0.05) is 0 Å². The molecule has 0 radical (unpaired) electrons. The molecule has 9 heteroatoms. The van der Waals surface area contributed by atoms with Crippen LogP contribution in [0.5, 0.6) is 0 Å². The zero-order chi connectivity index (χ0) is 21.8. The van der Waals surface area contributed by atoms with Crippen LogP contribution in [0.25, 0.3) is 10.8 Å². The molecule has 4 rings (SSSR count). The number of fused-ring (bicyclic) bond motifs is 1. The van der Waals surface area contributed by atoms with Crippen LogP contribution in [0.1, 0.15) is 6.42 Å². The number of nitro groups is 1. The van der Waals surface area contributed by atoms with E-state index in [1.165, 1.54) is 24.4 Å². The number of nitrogens with zero attached hydrogens (tertiary/aromatic N) is 4. The number of amides is 1. The summed E-state index contributed by atoms with van der Waals surface area (Å²) in [7, 11) is 0. The summed E-state index contributed by atoms with van der Waals surface area (Å²) in [6.45, 7) is 3.05. The van der Waals surface area contributed by atoms with E-state index in [9.17, 15) is 19.3 Å². The Labute approximate surface area is 178 Å². The number of nitrogens with one attached hydrogen (secondary N) is 1. The van der Waals surface area contributed by atoms with E-state index in [4.69, 9.17) is 0 Å². The van der Waals surface area contributed by atoms with Crippen LogP contribution in [-0.2, 0) is 4.79 Å². The van der Waals surface area contributed by atoms with E-state index in [1.807, 2.05) is 4.90 Å². The Bertz CT molecular complexity index is 1100. The van der Waals surface area contributed by atoms with Crippen LogP contribution in [0.4, 0.5) is 21.5 Å². The van der Waals surface area contributed by atoms with Crippen molar-refractivity contribution in [3.05, 3.63) is 70.8 Å². The average Bonchev–Trinajstić information content (AvgIpc) is 2.79. The maximum atomic E-state index is 13.1. The summed E-state index contributed by atoms with van der Waals surface area (Å²) in [5, 5.41) is 15.6. The fourth-order valence-electron chi connectivity index (χ4n) is 3.82. The molecule has 2 aromatic carbocycles. The molecule has 8 nitrogen and oxygen atoms in total. The summed E-state index contributed by atoms with van der Waals surface area (Å²) >= 11 is 0. The van der Waals surface area contributed by atoms with Gasteiger partial charge in [0.05, 0.1) is 10.3 Å². The highest BCUT2D eigenvalue weighted by Gasteiger charge is 2.21. The molecule has 0 atom stereocenters. The Kier molecular flexibility index (Phi) is 5.92. The fraction of sp³-hybridized carbons (Fsp3) is 0.273. The van der Waals surface area contributed by atoms with Crippen molar-refractivity contribution in [3.63, 3.8) is 0 Å². The number of hydrogen-bond donors (Lipinski definition) is 1. The third-order valence-electron chi connectivity index (χ3n) is 5.47. The summed E-state index contributed by atoms with van der Waals surface area (Å²) in [6, 6.07) is 11.2. The van der Waals surface area contributed by atoms with E-state index in [-0.39, 0.29) is 17.4 Å². The molecule has 0 unspecified atom stereocenters. The molecule has 1 aliphatic heterocycles. The molecular formula is C22H22FN5O3. The minimum Gasteiger partial charge on any atom is -0.384 e. The zero-order valence-electron chi connectivity index (χ0n) is 16.8. The topological polar surface area (TPSA) is 91.6 Å². The van der Waals surface area contributed by atoms with Gasteiger partial charge in [0.15, 0.2) is 0 Å². The first kappa shape index (κ1) is 20.5. The molecule has 1 aromatic heterocycles. The van der Waals surface area contributed by atoms with Crippen LogP contribution in [0.2, 0.25) is 0 Å². The van der Waals surface area contributed by atoms with Gasteiger partial charge in [-0.25, -0.2) is 4.39 Å². The molecule has 1 saturated heterocycles. The number of aromatic nitrogens is 1. The Hall–Kier alpha value is -3.75. The number of carbonyl (C=O) groups is 1. The number of hydrogen-bond acceptors (Lipinski definition) is 6. The van der Waals surface area contributed by atoms with Crippen molar-refractivity contribution in [1.29, 1.82) is 0 Å². The highest BCUT2D eigenvalue weighted by atomic mass is 19.1. The summed E-state index contributed by atoms with van der Waals surface area (Å²) < 4.78 is 13.1. The monoisotopic (exact) mass is 423 g/mol. The lowest BCUT2D eigenvalue weighted by Gasteiger charge is -2.36. The normalized spacial score (nSPS) is 14.0. The van der Waals surface area contributed by atoms with Crippen LogP contribution >= 0.6 is 0 Å². The van der Waals surface area contributed by atoms with E-state index in [0.717, 1.165) is 11.4 Å². The fourth-order valence-corrected chi connectivity index (χ4v) is 3.82. The lowest BCUT2D eigenvalue weighted by molar-refractivity contribution is -0.383. The van der Waals surface area contributed by atoms with Crippen molar-refractivity contribution in [2.24, 2.45) is 0 Å². The molecular weight excluding hydrogens is 401 g/mol. The quantitative estimate of drug-likeness (QED) is 0.482. The molecule has 0 saturated carbocycles. The van der Waals surface area contributed by atoms with Crippen LogP contribution in [-0.4, -0.2) is 53.4 Å². The van der Waals surface area contributed by atoms with Crippen LogP contribution in [0, 0.1) is 15.9 Å². The number of pyridine rings is 1. The maximum Gasteiger partial charge on any atom is 0.278 e. The molecule has 31 heavy (non-hydrogen) atoms. The molecule has 0 aliphatic carbocycles. The second-order valence-electron chi connectivity index (χ2n) is 7.33. The minimum atomic E-state index is -0.428. The molecule has 2 heterocycles. The van der Waals surface area contributed by atoms with Gasteiger partial charge < -0.3 is 15.1 Å². The van der Waals surface area contributed by atoms with E-state index in [2.05, 4.69) is 15.2 Å². The lowest BCUT2D eigenvalue weighted by Crippen LogP contribution is -2.49. The smallest absolute Gasteiger partial charge is 0.278 e. The first-order valence-electron chi connectivity index (χ1n) is 10.1. The van der Waals surface area contributed by atoms with E-state index < -0.39 is 4.92 Å². The average molecular weight is 423 g/mol. The van der Waals surface area contributed by atoms with Gasteiger partial charge in [0.1, 0.15) is 5.82 Å². The number of benzene rings is 2. The second-order valence-corrected chi connectivity index (χ2v) is 7.33. The Balaban J connectivity index is 1.32. The Morgan fingerprint density at radius 1 is 1.06 bits per heavy atom. The Morgan fingerprint density at radius 3 is 2.52 bits per heavy atom. The summed E-state index contributed by atoms with van der Waals surface area (Å²) in [5.41, 5.74) is 1.69. The molecule has 3 aromatic rings. The summed E-state index contributed by atoms with van der Waals surface area (Å²) in [6.07, 6.45) is 3.38. The number of piperazine rings is 1. The van der Waals surface area contributed by atoms with Gasteiger partial charge >= 0.3 is 0 Å². The number of nitro benzene ring substituents is 1. The van der Waals surface area contributed by atoms with E-state index in [1.54, 1.807) is 30.5 Å². The standard InChI is InChI=1S/C22H22FN5O3/c23-16-1-3-17(4-2-16)26-11-13-27(14-12-26)22(29)8-10-25-20-5-6-21(28(30)31)19-15-24-9-7-18(19)20/h1-7,9,15,25H,8,10-14H2. The van der Waals surface area contributed by atoms with Gasteiger partial charge in [-0.2, -0.15) is 0 Å². The van der Waals surface area contributed by atoms with Crippen LogP contribution in [0.15, 0.2) is 54.9 Å². The van der Waals surface area contributed by atoms with Crippen LogP contribution in [0.3, 0.4) is 0 Å². The van der Waals surface area contributed by atoms with Gasteiger partial charge in [0.2, 0.25) is 5.91 Å². The number of carbonyl (C=O) groups excluding carboxylic acids is 1. The first-order chi connectivity index (χ1) is 15.0. The number of anilines is 2. The summed E-state index contributed by atoms with van der Waals surface area (Å²) in [5.74, 6) is -0.207. The van der Waals surface area contributed by atoms with Gasteiger partial charge in [-0.3, -0.25) is 19.9 Å². The van der Waals surface area contributed by atoms with Crippen molar-refractivity contribution in [2.45, 2.75) is 6.42 Å². The predicted octanol–water partition coefficient (Wildman–Crippen LogP) is 3.43.